The van der Waals surface area contributed by atoms with Crippen molar-refractivity contribution in [1.82, 2.24) is 4.31 Å². The molecule has 1 atom stereocenters. The number of benzene rings is 2. The van der Waals surface area contributed by atoms with Gasteiger partial charge in [-0.15, -0.1) is 11.3 Å². The SMILES string of the molecule is COc1cc(C(=O)Nc2ccc(S(=O)(=O)N3CCSCC3)cc2)c(N(c2ccc(Cl)s2)S(=O)O)cc1OC. The van der Waals surface area contributed by atoms with E-state index in [2.05, 4.69) is 5.32 Å². The Kier molecular flexibility index (Phi) is 9.23. The predicted molar refractivity (Wildman–Crippen MR) is 152 cm³/mol. The summed E-state index contributed by atoms with van der Waals surface area (Å²) in [5.74, 6) is 1.34. The van der Waals surface area contributed by atoms with Crippen molar-refractivity contribution < 1.29 is 31.4 Å². The second-order valence-corrected chi connectivity index (χ2v) is 13.5. The minimum atomic E-state index is -3.63. The number of nitrogens with one attached hydrogen (secondary N) is 1. The number of nitrogens with zero attached hydrogens (tertiary/aromatic N) is 2. The van der Waals surface area contributed by atoms with Gasteiger partial charge < -0.3 is 14.8 Å². The van der Waals surface area contributed by atoms with E-state index in [1.165, 1.54) is 54.9 Å². The molecule has 0 aliphatic carbocycles. The molecule has 15 heteroatoms. The van der Waals surface area contributed by atoms with Crippen molar-refractivity contribution in [2.75, 3.05) is 48.4 Å². The number of hydrogen-bond donors (Lipinski definition) is 2. The fourth-order valence-electron chi connectivity index (χ4n) is 3.76. The summed E-state index contributed by atoms with van der Waals surface area (Å²) in [6.07, 6.45) is 0. The first kappa shape index (κ1) is 28.7. The average Bonchev–Trinajstić information content (AvgIpc) is 3.34. The molecule has 2 heterocycles. The van der Waals surface area contributed by atoms with E-state index in [0.717, 1.165) is 27.1 Å². The van der Waals surface area contributed by atoms with Gasteiger partial charge in [0.25, 0.3) is 17.2 Å². The van der Waals surface area contributed by atoms with Gasteiger partial charge >= 0.3 is 0 Å². The van der Waals surface area contributed by atoms with Gasteiger partial charge in [0.05, 0.1) is 34.7 Å². The van der Waals surface area contributed by atoms with Gasteiger partial charge in [-0.3, -0.25) is 9.35 Å². The van der Waals surface area contributed by atoms with E-state index < -0.39 is 27.2 Å². The quantitative estimate of drug-likeness (QED) is 0.332. The Balaban J connectivity index is 1.67. The predicted octanol–water partition coefficient (Wildman–Crippen LogP) is 4.68. The summed E-state index contributed by atoms with van der Waals surface area (Å²) in [6.45, 7) is 0.900. The Hall–Kier alpha value is -2.33. The normalized spacial score (nSPS) is 15.1. The Bertz CT molecular complexity index is 1440. The molecular weight excluding hydrogens is 594 g/mol. The van der Waals surface area contributed by atoms with Crippen molar-refractivity contribution in [2.45, 2.75) is 4.90 Å². The van der Waals surface area contributed by atoms with Gasteiger partial charge in [-0.05, 0) is 42.5 Å². The fourth-order valence-corrected chi connectivity index (χ4v) is 8.12. The summed E-state index contributed by atoms with van der Waals surface area (Å²) in [7, 11) is -0.825. The Labute approximate surface area is 236 Å². The van der Waals surface area contributed by atoms with E-state index in [4.69, 9.17) is 21.1 Å². The number of rotatable bonds is 9. The van der Waals surface area contributed by atoms with Crippen LogP contribution < -0.4 is 19.1 Å². The van der Waals surface area contributed by atoms with Crippen LogP contribution in [0.15, 0.2) is 53.4 Å². The number of methoxy groups -OCH3 is 2. The molecule has 1 unspecified atom stereocenters. The van der Waals surface area contributed by atoms with Gasteiger partial charge in [0.1, 0.15) is 5.00 Å². The summed E-state index contributed by atoms with van der Waals surface area (Å²) in [5.41, 5.74) is 0.415. The van der Waals surface area contributed by atoms with Crippen LogP contribution in [0.1, 0.15) is 10.4 Å². The highest BCUT2D eigenvalue weighted by molar-refractivity contribution is 7.99. The summed E-state index contributed by atoms with van der Waals surface area (Å²) >= 11 is 6.25. The maximum atomic E-state index is 13.4. The van der Waals surface area contributed by atoms with Gasteiger partial charge in [0, 0.05) is 36.3 Å². The number of carbonyl (C=O) groups excluding carboxylic acids is 1. The first-order valence-corrected chi connectivity index (χ1v) is 15.9. The Morgan fingerprint density at radius 1 is 1.08 bits per heavy atom. The first-order valence-electron chi connectivity index (χ1n) is 11.1. The summed E-state index contributed by atoms with van der Waals surface area (Å²) in [6, 6.07) is 11.8. The molecule has 1 aliphatic rings. The number of carbonyl (C=O) groups is 1. The molecule has 10 nitrogen and oxygen atoms in total. The smallest absolute Gasteiger partial charge is 0.267 e. The molecule has 3 aromatic rings. The van der Waals surface area contributed by atoms with Crippen LogP contribution >= 0.6 is 34.7 Å². The van der Waals surface area contributed by atoms with E-state index >= 15 is 0 Å². The molecular formula is C23H24ClN3O7S4. The second kappa shape index (κ2) is 12.2. The molecule has 2 aromatic carbocycles. The van der Waals surface area contributed by atoms with Crippen molar-refractivity contribution in [2.24, 2.45) is 0 Å². The molecule has 0 bridgehead atoms. The van der Waals surface area contributed by atoms with Crippen LogP contribution in [0.4, 0.5) is 16.4 Å². The summed E-state index contributed by atoms with van der Waals surface area (Å²) < 4.78 is 61.9. The molecule has 1 aliphatic heterocycles. The number of hydrogen-bond acceptors (Lipinski definition) is 8. The third kappa shape index (κ3) is 6.11. The number of anilines is 3. The summed E-state index contributed by atoms with van der Waals surface area (Å²) in [5, 5.41) is 3.04. The zero-order valence-corrected chi connectivity index (χ0v) is 24.3. The standard InChI is InChI=1S/C23H24ClN3O7S4/c1-33-19-13-17(18(14-20(19)34-2)27(37(29)30)22-8-7-21(24)36-22)23(28)25-15-3-5-16(6-4-15)38(31,32)26-9-11-35-12-10-26/h3-8,13-14H,9-12H2,1-2H3,(H,25,28)(H,29,30). The van der Waals surface area contributed by atoms with Gasteiger partial charge in [-0.2, -0.15) is 16.1 Å². The van der Waals surface area contributed by atoms with Gasteiger partial charge in [0.2, 0.25) is 10.0 Å². The lowest BCUT2D eigenvalue weighted by Crippen LogP contribution is -2.37. The maximum absolute atomic E-state index is 13.4. The second-order valence-electron chi connectivity index (χ2n) is 7.82. The van der Waals surface area contributed by atoms with E-state index in [0.29, 0.717) is 28.1 Å². The molecule has 204 valence electrons. The molecule has 2 N–H and O–H groups in total. The zero-order valence-electron chi connectivity index (χ0n) is 20.2. The topological polar surface area (TPSA) is 125 Å². The van der Waals surface area contributed by atoms with E-state index in [-0.39, 0.29) is 27.6 Å². The monoisotopic (exact) mass is 617 g/mol. The molecule has 38 heavy (non-hydrogen) atoms. The van der Waals surface area contributed by atoms with Crippen LogP contribution in [0.3, 0.4) is 0 Å². The Morgan fingerprint density at radius 2 is 1.71 bits per heavy atom. The first-order chi connectivity index (χ1) is 18.1. The van der Waals surface area contributed by atoms with Crippen molar-refractivity contribution in [3.8, 4) is 11.5 Å². The molecule has 0 spiro atoms. The third-order valence-corrected chi connectivity index (χ3v) is 10.5. The number of ether oxygens (including phenoxy) is 2. The lowest BCUT2D eigenvalue weighted by atomic mass is 10.1. The number of amides is 1. The molecule has 4 rings (SSSR count). The van der Waals surface area contributed by atoms with Crippen molar-refractivity contribution in [3.63, 3.8) is 0 Å². The number of thioether (sulfide) groups is 1. The van der Waals surface area contributed by atoms with Crippen LogP contribution in [-0.2, 0) is 21.3 Å². The Morgan fingerprint density at radius 3 is 2.26 bits per heavy atom. The molecule has 1 amide bonds. The highest BCUT2D eigenvalue weighted by atomic mass is 35.5. The molecule has 0 saturated carbocycles. The largest absolute Gasteiger partial charge is 0.493 e. The van der Waals surface area contributed by atoms with Crippen molar-refractivity contribution in [1.29, 1.82) is 0 Å². The van der Waals surface area contributed by atoms with E-state index in [1.54, 1.807) is 23.9 Å². The highest BCUT2D eigenvalue weighted by Gasteiger charge is 2.28. The van der Waals surface area contributed by atoms with E-state index in [1.807, 2.05) is 0 Å². The summed E-state index contributed by atoms with van der Waals surface area (Å²) in [4.78, 5) is 13.6. The van der Waals surface area contributed by atoms with Crippen LogP contribution in [0.5, 0.6) is 11.5 Å². The minimum absolute atomic E-state index is 0.0112. The lowest BCUT2D eigenvalue weighted by molar-refractivity contribution is 0.102. The van der Waals surface area contributed by atoms with Gasteiger partial charge in [-0.25, -0.2) is 16.9 Å². The van der Waals surface area contributed by atoms with Crippen LogP contribution in [0, 0.1) is 0 Å². The lowest BCUT2D eigenvalue weighted by Gasteiger charge is -2.25. The highest BCUT2D eigenvalue weighted by Crippen LogP contribution is 2.42. The average molecular weight is 618 g/mol. The molecule has 1 saturated heterocycles. The van der Waals surface area contributed by atoms with Crippen molar-refractivity contribution in [3.05, 3.63) is 58.4 Å². The van der Waals surface area contributed by atoms with Gasteiger partial charge in [-0.1, -0.05) is 11.6 Å². The van der Waals surface area contributed by atoms with Crippen LogP contribution in [-0.4, -0.2) is 66.2 Å². The zero-order chi connectivity index (χ0) is 27.4. The number of thiophene rings is 1. The molecule has 0 radical (unpaired) electrons. The molecule has 1 fully saturated rings. The third-order valence-electron chi connectivity index (χ3n) is 5.60. The maximum Gasteiger partial charge on any atom is 0.267 e. The fraction of sp³-hybridized carbons (Fsp3) is 0.261. The van der Waals surface area contributed by atoms with Crippen LogP contribution in [0.25, 0.3) is 0 Å². The van der Waals surface area contributed by atoms with E-state index in [9.17, 15) is 22.0 Å². The number of sulfonamides is 1. The van der Waals surface area contributed by atoms with Crippen LogP contribution in [0.2, 0.25) is 4.34 Å². The molecule has 1 aromatic heterocycles. The number of halogens is 1. The van der Waals surface area contributed by atoms with Gasteiger partial charge in [0.15, 0.2) is 11.5 Å². The van der Waals surface area contributed by atoms with Crippen molar-refractivity contribution >= 4 is 78.3 Å². The minimum Gasteiger partial charge on any atom is -0.493 e.